The van der Waals surface area contributed by atoms with E-state index in [4.69, 9.17) is 5.73 Å². The van der Waals surface area contributed by atoms with Crippen molar-refractivity contribution in [3.05, 3.63) is 29.8 Å². The van der Waals surface area contributed by atoms with E-state index in [0.717, 1.165) is 16.9 Å². The van der Waals surface area contributed by atoms with Gasteiger partial charge in [-0.1, -0.05) is 29.5 Å². The van der Waals surface area contributed by atoms with Crippen LogP contribution in [-0.4, -0.2) is 18.6 Å². The van der Waals surface area contributed by atoms with E-state index in [1.807, 2.05) is 19.1 Å². The lowest BCUT2D eigenvalue weighted by Gasteiger charge is -2.07. The number of sulfonamides is 1. The van der Waals surface area contributed by atoms with Crippen LogP contribution >= 0.6 is 11.3 Å². The van der Waals surface area contributed by atoms with Crippen molar-refractivity contribution in [2.75, 3.05) is 10.5 Å². The number of nitrogen functional groups attached to an aromatic ring is 1. The minimum atomic E-state index is -3.70. The van der Waals surface area contributed by atoms with Crippen LogP contribution in [0.1, 0.15) is 5.56 Å². The minimum Gasteiger partial charge on any atom is -0.374 e. The standard InChI is InChI=1S/C9H10N4O2S2/c1-6-4-2-3-5-7(6)13-17(14,15)9-12-11-8(10)16-9/h2-5,13H,1H3,(H2,10,11). The maximum Gasteiger partial charge on any atom is 0.291 e. The maximum atomic E-state index is 11.9. The number of nitrogens with zero attached hydrogens (tertiary/aromatic N) is 2. The zero-order valence-corrected chi connectivity index (χ0v) is 10.5. The quantitative estimate of drug-likeness (QED) is 0.874. The first kappa shape index (κ1) is 11.8. The maximum absolute atomic E-state index is 11.9. The van der Waals surface area contributed by atoms with Gasteiger partial charge in [0.15, 0.2) is 0 Å². The molecule has 0 amide bonds. The van der Waals surface area contributed by atoms with Gasteiger partial charge in [0.2, 0.25) is 5.13 Å². The van der Waals surface area contributed by atoms with Gasteiger partial charge in [0.05, 0.1) is 5.69 Å². The van der Waals surface area contributed by atoms with Gasteiger partial charge in [0.25, 0.3) is 14.4 Å². The lowest BCUT2D eigenvalue weighted by Crippen LogP contribution is -2.13. The first-order valence-corrected chi connectivity index (χ1v) is 6.96. The van der Waals surface area contributed by atoms with E-state index >= 15 is 0 Å². The largest absolute Gasteiger partial charge is 0.374 e. The number of benzene rings is 1. The first-order chi connectivity index (χ1) is 7.99. The van der Waals surface area contributed by atoms with Crippen molar-refractivity contribution in [2.24, 2.45) is 0 Å². The van der Waals surface area contributed by atoms with Gasteiger partial charge in [-0.3, -0.25) is 4.72 Å². The van der Waals surface area contributed by atoms with Crippen molar-refractivity contribution >= 4 is 32.2 Å². The highest BCUT2D eigenvalue weighted by atomic mass is 32.2. The molecule has 3 N–H and O–H groups in total. The average molecular weight is 270 g/mol. The van der Waals surface area contributed by atoms with Crippen molar-refractivity contribution in [3.63, 3.8) is 0 Å². The molecule has 8 heteroatoms. The van der Waals surface area contributed by atoms with Gasteiger partial charge in [-0.25, -0.2) is 0 Å². The molecular weight excluding hydrogens is 260 g/mol. The van der Waals surface area contributed by atoms with E-state index < -0.39 is 10.0 Å². The van der Waals surface area contributed by atoms with Crippen molar-refractivity contribution < 1.29 is 8.42 Å². The molecule has 0 spiro atoms. The van der Waals surface area contributed by atoms with Crippen LogP contribution in [0.25, 0.3) is 0 Å². The summed E-state index contributed by atoms with van der Waals surface area (Å²) in [6, 6.07) is 7.07. The van der Waals surface area contributed by atoms with Gasteiger partial charge in [0, 0.05) is 0 Å². The van der Waals surface area contributed by atoms with Gasteiger partial charge >= 0.3 is 0 Å². The van der Waals surface area contributed by atoms with Crippen LogP contribution in [0, 0.1) is 6.92 Å². The summed E-state index contributed by atoms with van der Waals surface area (Å²) in [5.74, 6) is 0. The summed E-state index contributed by atoms with van der Waals surface area (Å²) in [6.45, 7) is 1.81. The molecule has 1 aromatic heterocycles. The Hall–Kier alpha value is -1.67. The molecule has 0 aliphatic rings. The Bertz CT molecular complexity index is 636. The highest BCUT2D eigenvalue weighted by Gasteiger charge is 2.20. The molecule has 0 aliphatic carbocycles. The number of hydrogen-bond acceptors (Lipinski definition) is 6. The SMILES string of the molecule is Cc1ccccc1NS(=O)(=O)c1nnc(N)s1. The summed E-state index contributed by atoms with van der Waals surface area (Å²) in [5, 5.41) is 7.10. The smallest absolute Gasteiger partial charge is 0.291 e. The predicted octanol–water partition coefficient (Wildman–Crippen LogP) is 1.23. The molecule has 0 saturated carbocycles. The van der Waals surface area contributed by atoms with E-state index in [2.05, 4.69) is 14.9 Å². The van der Waals surface area contributed by atoms with Crippen LogP contribution in [-0.2, 0) is 10.0 Å². The van der Waals surface area contributed by atoms with Crippen molar-refractivity contribution in [2.45, 2.75) is 11.3 Å². The molecule has 2 rings (SSSR count). The summed E-state index contributed by atoms with van der Waals surface area (Å²) in [6.07, 6.45) is 0. The highest BCUT2D eigenvalue weighted by Crippen LogP contribution is 2.22. The van der Waals surface area contributed by atoms with Crippen LogP contribution < -0.4 is 10.5 Å². The van der Waals surface area contributed by atoms with Gasteiger partial charge in [-0.15, -0.1) is 10.2 Å². The third-order valence-electron chi connectivity index (χ3n) is 2.04. The number of nitrogens with two attached hydrogens (primary N) is 1. The Morgan fingerprint density at radius 3 is 2.59 bits per heavy atom. The third kappa shape index (κ3) is 2.53. The summed E-state index contributed by atoms with van der Waals surface area (Å²) >= 11 is 0.825. The number of para-hydroxylation sites is 1. The number of anilines is 2. The molecule has 0 atom stereocenters. The van der Waals surface area contributed by atoms with E-state index in [-0.39, 0.29) is 9.47 Å². The molecule has 0 saturated heterocycles. The second-order valence-corrected chi connectivity index (χ2v) is 6.19. The summed E-state index contributed by atoms with van der Waals surface area (Å²) < 4.78 is 26.1. The zero-order valence-electron chi connectivity index (χ0n) is 8.91. The van der Waals surface area contributed by atoms with Crippen LogP contribution in [0.2, 0.25) is 0 Å². The number of hydrogen-bond donors (Lipinski definition) is 2. The Kier molecular flexibility index (Phi) is 2.99. The topological polar surface area (TPSA) is 98.0 Å². The normalized spacial score (nSPS) is 11.4. The molecular formula is C9H10N4O2S2. The number of aryl methyl sites for hydroxylation is 1. The predicted molar refractivity (Wildman–Crippen MR) is 66.3 cm³/mol. The number of nitrogens with one attached hydrogen (secondary N) is 1. The fraction of sp³-hybridized carbons (Fsp3) is 0.111. The summed E-state index contributed by atoms with van der Waals surface area (Å²) in [5.41, 5.74) is 6.69. The minimum absolute atomic E-state index is 0.121. The van der Waals surface area contributed by atoms with E-state index in [0.29, 0.717) is 5.69 Å². The zero-order chi connectivity index (χ0) is 12.5. The Labute approximate surface area is 103 Å². The lowest BCUT2D eigenvalue weighted by molar-refractivity contribution is 0.599. The average Bonchev–Trinajstić information content (AvgIpc) is 2.69. The molecule has 6 nitrogen and oxygen atoms in total. The van der Waals surface area contributed by atoms with Crippen molar-refractivity contribution in [3.8, 4) is 0 Å². The van der Waals surface area contributed by atoms with Crippen LogP contribution in [0.15, 0.2) is 28.6 Å². The van der Waals surface area contributed by atoms with Gasteiger partial charge in [-0.2, -0.15) is 8.42 Å². The molecule has 17 heavy (non-hydrogen) atoms. The summed E-state index contributed by atoms with van der Waals surface area (Å²) in [4.78, 5) is 0. The second-order valence-electron chi connectivity index (χ2n) is 3.33. The lowest BCUT2D eigenvalue weighted by atomic mass is 10.2. The van der Waals surface area contributed by atoms with Crippen LogP contribution in [0.3, 0.4) is 0 Å². The third-order valence-corrected chi connectivity index (χ3v) is 4.53. The number of aromatic nitrogens is 2. The van der Waals surface area contributed by atoms with Crippen LogP contribution in [0.5, 0.6) is 0 Å². The van der Waals surface area contributed by atoms with E-state index in [9.17, 15) is 8.42 Å². The van der Waals surface area contributed by atoms with Gasteiger partial charge in [-0.05, 0) is 18.6 Å². The monoisotopic (exact) mass is 270 g/mol. The molecule has 1 aromatic carbocycles. The Balaban J connectivity index is 2.33. The molecule has 90 valence electrons. The molecule has 0 unspecified atom stereocenters. The van der Waals surface area contributed by atoms with E-state index in [1.54, 1.807) is 12.1 Å². The Morgan fingerprint density at radius 2 is 2.00 bits per heavy atom. The fourth-order valence-electron chi connectivity index (χ4n) is 1.20. The molecule has 1 heterocycles. The molecule has 0 bridgehead atoms. The highest BCUT2D eigenvalue weighted by molar-refractivity contribution is 7.94. The van der Waals surface area contributed by atoms with Crippen molar-refractivity contribution in [1.82, 2.24) is 10.2 Å². The Morgan fingerprint density at radius 1 is 1.29 bits per heavy atom. The van der Waals surface area contributed by atoms with E-state index in [1.165, 1.54) is 0 Å². The van der Waals surface area contributed by atoms with Gasteiger partial charge in [0.1, 0.15) is 0 Å². The molecule has 0 radical (unpaired) electrons. The fourth-order valence-corrected chi connectivity index (χ4v) is 3.12. The van der Waals surface area contributed by atoms with Gasteiger partial charge < -0.3 is 5.73 Å². The first-order valence-electron chi connectivity index (χ1n) is 4.66. The van der Waals surface area contributed by atoms with Crippen molar-refractivity contribution in [1.29, 1.82) is 0 Å². The number of rotatable bonds is 3. The molecule has 0 aliphatic heterocycles. The van der Waals surface area contributed by atoms with Crippen LogP contribution in [0.4, 0.5) is 10.8 Å². The summed E-state index contributed by atoms with van der Waals surface area (Å²) in [7, 11) is -3.70. The molecule has 2 aromatic rings. The molecule has 0 fully saturated rings. The second kappa shape index (κ2) is 4.30.